The number of aromatic nitrogens is 2. The van der Waals surface area contributed by atoms with E-state index in [4.69, 9.17) is 5.11 Å². The van der Waals surface area contributed by atoms with Gasteiger partial charge in [-0.1, -0.05) is 6.07 Å². The van der Waals surface area contributed by atoms with Gasteiger partial charge in [-0.15, -0.1) is 0 Å². The molecule has 0 radical (unpaired) electrons. The van der Waals surface area contributed by atoms with Crippen molar-refractivity contribution in [2.75, 3.05) is 13.1 Å². The molecule has 114 valence electrons. The van der Waals surface area contributed by atoms with Gasteiger partial charge in [-0.25, -0.2) is 4.79 Å². The molecule has 1 atom stereocenters. The van der Waals surface area contributed by atoms with E-state index in [1.54, 1.807) is 6.07 Å². The summed E-state index contributed by atoms with van der Waals surface area (Å²) in [5.41, 5.74) is 2.30. The van der Waals surface area contributed by atoms with E-state index in [9.17, 15) is 4.79 Å². The molecule has 0 spiro atoms. The molecule has 3 rings (SSSR count). The third kappa shape index (κ3) is 3.49. The molecule has 1 N–H and O–H groups in total. The summed E-state index contributed by atoms with van der Waals surface area (Å²) in [5.74, 6) is -0.570. The maximum absolute atomic E-state index is 10.9. The average molecular weight is 297 g/mol. The van der Waals surface area contributed by atoms with Crippen LogP contribution in [0.4, 0.5) is 0 Å². The number of pyridine rings is 2. The number of likely N-dealkylation sites (tertiary alicyclic amines) is 1. The summed E-state index contributed by atoms with van der Waals surface area (Å²) >= 11 is 0. The standard InChI is InChI=1S/C17H19N3O2/c21-17(22)13-6-7-16(19-10-13)14-4-3-9-20(11-14)12-15-5-1-2-8-18-15/h1-2,5-8,10,14H,3-4,9,11-12H2,(H,21,22)/t14-/m0/s1. The summed E-state index contributed by atoms with van der Waals surface area (Å²) in [7, 11) is 0. The lowest BCUT2D eigenvalue weighted by Gasteiger charge is -2.32. The smallest absolute Gasteiger partial charge is 0.337 e. The van der Waals surface area contributed by atoms with Gasteiger partial charge in [0.15, 0.2) is 0 Å². The molecular formula is C17H19N3O2. The first-order valence-electron chi connectivity index (χ1n) is 7.54. The second kappa shape index (κ2) is 6.66. The van der Waals surface area contributed by atoms with Crippen molar-refractivity contribution in [3.63, 3.8) is 0 Å². The van der Waals surface area contributed by atoms with Crippen molar-refractivity contribution >= 4 is 5.97 Å². The van der Waals surface area contributed by atoms with Crippen LogP contribution >= 0.6 is 0 Å². The molecule has 1 aliphatic rings. The van der Waals surface area contributed by atoms with E-state index < -0.39 is 5.97 Å². The third-order valence-corrected chi connectivity index (χ3v) is 4.07. The lowest BCUT2D eigenvalue weighted by atomic mass is 9.94. The second-order valence-electron chi connectivity index (χ2n) is 5.67. The van der Waals surface area contributed by atoms with Gasteiger partial charge in [0.2, 0.25) is 0 Å². The van der Waals surface area contributed by atoms with Crippen LogP contribution in [-0.4, -0.2) is 39.0 Å². The highest BCUT2D eigenvalue weighted by molar-refractivity contribution is 5.87. The summed E-state index contributed by atoms with van der Waals surface area (Å²) in [6.07, 6.45) is 5.50. The first-order valence-corrected chi connectivity index (χ1v) is 7.54. The van der Waals surface area contributed by atoms with Gasteiger partial charge in [0, 0.05) is 37.1 Å². The first kappa shape index (κ1) is 14.7. The SMILES string of the molecule is O=C(O)c1ccc([C@H]2CCCN(Cc3ccccn3)C2)nc1. The zero-order chi connectivity index (χ0) is 15.4. The first-order chi connectivity index (χ1) is 10.7. The summed E-state index contributed by atoms with van der Waals surface area (Å²) in [4.78, 5) is 22.0. The molecule has 1 aliphatic heterocycles. The summed E-state index contributed by atoms with van der Waals surface area (Å²) in [6, 6.07) is 9.47. The quantitative estimate of drug-likeness (QED) is 0.939. The highest BCUT2D eigenvalue weighted by atomic mass is 16.4. The lowest BCUT2D eigenvalue weighted by Crippen LogP contribution is -2.34. The van der Waals surface area contributed by atoms with Crippen LogP contribution in [0.1, 0.15) is 40.5 Å². The van der Waals surface area contributed by atoms with Crippen LogP contribution in [0.3, 0.4) is 0 Å². The van der Waals surface area contributed by atoms with Gasteiger partial charge in [0.1, 0.15) is 0 Å². The zero-order valence-electron chi connectivity index (χ0n) is 12.4. The Morgan fingerprint density at radius 3 is 2.86 bits per heavy atom. The number of hydrogen-bond acceptors (Lipinski definition) is 4. The predicted molar refractivity (Wildman–Crippen MR) is 82.7 cm³/mol. The maximum atomic E-state index is 10.9. The van der Waals surface area contributed by atoms with E-state index >= 15 is 0 Å². The van der Waals surface area contributed by atoms with Crippen molar-refractivity contribution in [1.29, 1.82) is 0 Å². The van der Waals surface area contributed by atoms with Crippen molar-refractivity contribution in [3.8, 4) is 0 Å². The van der Waals surface area contributed by atoms with Gasteiger partial charge in [-0.05, 0) is 43.7 Å². The summed E-state index contributed by atoms with van der Waals surface area (Å²) in [6.45, 7) is 2.86. The number of carboxylic acids is 1. The number of hydrogen-bond donors (Lipinski definition) is 1. The molecule has 0 amide bonds. The third-order valence-electron chi connectivity index (χ3n) is 4.07. The van der Waals surface area contributed by atoms with Crippen molar-refractivity contribution in [2.24, 2.45) is 0 Å². The van der Waals surface area contributed by atoms with Crippen LogP contribution in [0.5, 0.6) is 0 Å². The van der Waals surface area contributed by atoms with Crippen molar-refractivity contribution < 1.29 is 9.90 Å². The van der Waals surface area contributed by atoms with Crippen LogP contribution in [-0.2, 0) is 6.54 Å². The lowest BCUT2D eigenvalue weighted by molar-refractivity contribution is 0.0696. The minimum atomic E-state index is -0.931. The summed E-state index contributed by atoms with van der Waals surface area (Å²) in [5, 5.41) is 8.94. The second-order valence-corrected chi connectivity index (χ2v) is 5.67. The molecule has 1 saturated heterocycles. The van der Waals surface area contributed by atoms with Crippen LogP contribution in [0.25, 0.3) is 0 Å². The van der Waals surface area contributed by atoms with Gasteiger partial charge in [0.25, 0.3) is 0 Å². The molecule has 0 unspecified atom stereocenters. The molecule has 22 heavy (non-hydrogen) atoms. The Balaban J connectivity index is 1.66. The largest absolute Gasteiger partial charge is 0.478 e. The predicted octanol–water partition coefficient (Wildman–Crippen LogP) is 2.55. The van der Waals surface area contributed by atoms with Gasteiger partial charge >= 0.3 is 5.97 Å². The molecule has 5 heteroatoms. The number of piperidine rings is 1. The zero-order valence-corrected chi connectivity index (χ0v) is 12.4. The van der Waals surface area contributed by atoms with E-state index in [1.807, 2.05) is 30.5 Å². The minimum absolute atomic E-state index is 0.241. The molecule has 0 bridgehead atoms. The van der Waals surface area contributed by atoms with Crippen molar-refractivity contribution in [1.82, 2.24) is 14.9 Å². The van der Waals surface area contributed by atoms with Gasteiger partial charge < -0.3 is 5.11 Å². The monoisotopic (exact) mass is 297 g/mol. The Hall–Kier alpha value is -2.27. The van der Waals surface area contributed by atoms with Crippen molar-refractivity contribution in [3.05, 3.63) is 59.7 Å². The molecule has 0 aliphatic carbocycles. The number of rotatable bonds is 4. The number of carboxylic acid groups (broad SMARTS) is 1. The fourth-order valence-electron chi connectivity index (χ4n) is 2.93. The molecule has 0 aromatic carbocycles. The molecule has 1 fully saturated rings. The fraction of sp³-hybridized carbons (Fsp3) is 0.353. The Labute approximate surface area is 129 Å². The fourth-order valence-corrected chi connectivity index (χ4v) is 2.93. The topological polar surface area (TPSA) is 66.3 Å². The molecule has 3 heterocycles. The van der Waals surface area contributed by atoms with Crippen LogP contribution < -0.4 is 0 Å². The Bertz CT molecular complexity index is 628. The van der Waals surface area contributed by atoms with E-state index in [0.29, 0.717) is 5.92 Å². The van der Waals surface area contributed by atoms with Crippen molar-refractivity contribution in [2.45, 2.75) is 25.3 Å². The van der Waals surface area contributed by atoms with E-state index in [0.717, 1.165) is 43.9 Å². The Kier molecular flexibility index (Phi) is 4.44. The highest BCUT2D eigenvalue weighted by Gasteiger charge is 2.22. The molecule has 5 nitrogen and oxygen atoms in total. The average Bonchev–Trinajstić information content (AvgIpc) is 2.56. The summed E-state index contributed by atoms with van der Waals surface area (Å²) < 4.78 is 0. The Morgan fingerprint density at radius 1 is 1.27 bits per heavy atom. The molecule has 0 saturated carbocycles. The van der Waals surface area contributed by atoms with E-state index in [2.05, 4.69) is 14.9 Å². The van der Waals surface area contributed by atoms with Crippen LogP contribution in [0, 0.1) is 0 Å². The highest BCUT2D eigenvalue weighted by Crippen LogP contribution is 2.26. The number of carbonyl (C=O) groups is 1. The van der Waals surface area contributed by atoms with Crippen LogP contribution in [0.2, 0.25) is 0 Å². The van der Waals surface area contributed by atoms with E-state index in [1.165, 1.54) is 6.20 Å². The van der Waals surface area contributed by atoms with Crippen LogP contribution in [0.15, 0.2) is 42.7 Å². The van der Waals surface area contributed by atoms with Gasteiger partial charge in [0.05, 0.1) is 11.3 Å². The van der Waals surface area contributed by atoms with E-state index in [-0.39, 0.29) is 5.56 Å². The number of aromatic carboxylic acids is 1. The van der Waals surface area contributed by atoms with Gasteiger partial charge in [-0.2, -0.15) is 0 Å². The minimum Gasteiger partial charge on any atom is -0.478 e. The molecular weight excluding hydrogens is 278 g/mol. The maximum Gasteiger partial charge on any atom is 0.337 e. The number of nitrogens with zero attached hydrogens (tertiary/aromatic N) is 3. The molecule has 2 aromatic rings. The normalized spacial score (nSPS) is 19.0. The molecule has 2 aromatic heterocycles. The van der Waals surface area contributed by atoms with Gasteiger partial charge in [-0.3, -0.25) is 14.9 Å². The Morgan fingerprint density at radius 2 is 2.18 bits per heavy atom.